The first kappa shape index (κ1) is 11.5. The minimum absolute atomic E-state index is 0.349. The van der Waals surface area contributed by atoms with Gasteiger partial charge in [-0.1, -0.05) is 32.6 Å². The molecule has 0 aliphatic carbocycles. The van der Waals surface area contributed by atoms with Gasteiger partial charge in [0.2, 0.25) is 0 Å². The second-order valence-corrected chi connectivity index (χ2v) is 4.51. The molecule has 0 saturated carbocycles. The van der Waals surface area contributed by atoms with Crippen molar-refractivity contribution in [2.45, 2.75) is 43.4 Å². The Morgan fingerprint density at radius 2 is 1.82 bits per heavy atom. The summed E-state index contributed by atoms with van der Waals surface area (Å²) in [6.45, 7) is 2.53. The molecule has 0 amide bonds. The van der Waals surface area contributed by atoms with Crippen LogP contribution in [0.2, 0.25) is 0 Å². The van der Waals surface area contributed by atoms with Crippen molar-refractivity contribution in [1.29, 1.82) is 0 Å². The fourth-order valence-corrected chi connectivity index (χ4v) is 1.18. The molecule has 0 fully saturated rings. The highest BCUT2D eigenvalue weighted by Crippen LogP contribution is 2.26. The van der Waals surface area contributed by atoms with Crippen molar-refractivity contribution in [1.82, 2.24) is 0 Å². The lowest BCUT2D eigenvalue weighted by Crippen LogP contribution is -2.24. The smallest absolute Gasteiger partial charge is 0.130 e. The van der Waals surface area contributed by atoms with E-state index in [1.54, 1.807) is 0 Å². The number of hydrogen-bond acceptors (Lipinski definition) is 1. The molecular formula is C8H17Cl2N. The molecule has 3 heteroatoms. The average Bonchev–Trinajstić information content (AvgIpc) is 1.99. The molecule has 0 unspecified atom stereocenters. The Kier molecular flexibility index (Phi) is 6.40. The van der Waals surface area contributed by atoms with E-state index in [-0.39, 0.29) is 0 Å². The van der Waals surface area contributed by atoms with Crippen LogP contribution in [0.25, 0.3) is 0 Å². The molecular weight excluding hydrogens is 181 g/mol. The first-order valence-electron chi connectivity index (χ1n) is 4.20. The van der Waals surface area contributed by atoms with Gasteiger partial charge in [-0.05, 0) is 6.42 Å². The Balaban J connectivity index is 3.23. The number of alkyl halides is 2. The summed E-state index contributed by atoms with van der Waals surface area (Å²) in [5.74, 6) is 0. The van der Waals surface area contributed by atoms with Crippen LogP contribution >= 0.6 is 23.2 Å². The van der Waals surface area contributed by atoms with Gasteiger partial charge in [0.05, 0.1) is 0 Å². The molecule has 0 bridgehead atoms. The monoisotopic (exact) mass is 197 g/mol. The average molecular weight is 198 g/mol. The predicted octanol–water partition coefficient (Wildman–Crippen LogP) is 3.09. The molecule has 1 nitrogen and oxygen atoms in total. The van der Waals surface area contributed by atoms with Crippen LogP contribution in [0.1, 0.15) is 39.0 Å². The number of unbranched alkanes of at least 4 members (excludes halogenated alkanes) is 3. The second kappa shape index (κ2) is 6.10. The van der Waals surface area contributed by atoms with Gasteiger partial charge in [0, 0.05) is 6.54 Å². The van der Waals surface area contributed by atoms with Crippen LogP contribution in [-0.2, 0) is 0 Å². The highest BCUT2D eigenvalue weighted by molar-refractivity contribution is 6.48. The Labute approximate surface area is 79.2 Å². The van der Waals surface area contributed by atoms with E-state index >= 15 is 0 Å². The molecule has 0 atom stereocenters. The molecule has 0 radical (unpaired) electrons. The van der Waals surface area contributed by atoms with Crippen LogP contribution in [0, 0.1) is 0 Å². The molecule has 0 rings (SSSR count). The van der Waals surface area contributed by atoms with E-state index in [1.165, 1.54) is 19.3 Å². The molecule has 0 heterocycles. The Hall–Kier alpha value is 0.540. The Morgan fingerprint density at radius 1 is 1.18 bits per heavy atom. The maximum absolute atomic E-state index is 5.84. The van der Waals surface area contributed by atoms with Crippen LogP contribution in [-0.4, -0.2) is 10.9 Å². The fourth-order valence-electron chi connectivity index (χ4n) is 0.912. The zero-order valence-electron chi connectivity index (χ0n) is 7.08. The summed E-state index contributed by atoms with van der Waals surface area (Å²) in [6.07, 6.45) is 5.59. The summed E-state index contributed by atoms with van der Waals surface area (Å²) in [4.78, 5) is 0. The normalized spacial score (nSPS) is 12.0. The molecule has 2 N–H and O–H groups in total. The van der Waals surface area contributed by atoms with Crippen molar-refractivity contribution in [3.8, 4) is 0 Å². The van der Waals surface area contributed by atoms with Gasteiger partial charge in [0.25, 0.3) is 0 Å². The van der Waals surface area contributed by atoms with E-state index in [9.17, 15) is 0 Å². The summed E-state index contributed by atoms with van der Waals surface area (Å²) >= 11 is 11.7. The van der Waals surface area contributed by atoms with Crippen LogP contribution in [0.5, 0.6) is 0 Å². The lowest BCUT2D eigenvalue weighted by Gasteiger charge is -2.15. The van der Waals surface area contributed by atoms with Gasteiger partial charge in [-0.3, -0.25) is 0 Å². The van der Waals surface area contributed by atoms with Gasteiger partial charge >= 0.3 is 0 Å². The number of hydrogen-bond donors (Lipinski definition) is 1. The maximum atomic E-state index is 5.84. The van der Waals surface area contributed by atoms with E-state index in [2.05, 4.69) is 6.92 Å². The SMILES string of the molecule is CCCCCCC(Cl)(Cl)CN. The highest BCUT2D eigenvalue weighted by atomic mass is 35.5. The number of rotatable bonds is 6. The third kappa shape index (κ3) is 6.92. The van der Waals surface area contributed by atoms with E-state index in [4.69, 9.17) is 28.9 Å². The minimum Gasteiger partial charge on any atom is -0.328 e. The molecule has 0 aromatic rings. The summed E-state index contributed by atoms with van der Waals surface area (Å²) in [5, 5.41) is 0. The zero-order chi connectivity index (χ0) is 8.74. The van der Waals surface area contributed by atoms with Crippen molar-refractivity contribution >= 4 is 23.2 Å². The van der Waals surface area contributed by atoms with E-state index in [1.807, 2.05) is 0 Å². The van der Waals surface area contributed by atoms with Crippen molar-refractivity contribution in [3.63, 3.8) is 0 Å². The van der Waals surface area contributed by atoms with Crippen molar-refractivity contribution in [2.24, 2.45) is 5.73 Å². The van der Waals surface area contributed by atoms with Crippen LogP contribution in [0.15, 0.2) is 0 Å². The molecule has 0 aliphatic rings. The van der Waals surface area contributed by atoms with Gasteiger partial charge in [0.15, 0.2) is 0 Å². The van der Waals surface area contributed by atoms with Crippen molar-refractivity contribution < 1.29 is 0 Å². The van der Waals surface area contributed by atoms with E-state index in [0.29, 0.717) is 6.54 Å². The molecule has 68 valence electrons. The van der Waals surface area contributed by atoms with E-state index < -0.39 is 4.33 Å². The molecule has 0 spiro atoms. The molecule has 11 heavy (non-hydrogen) atoms. The fraction of sp³-hybridized carbons (Fsp3) is 1.00. The lowest BCUT2D eigenvalue weighted by molar-refractivity contribution is 0.592. The number of halogens is 2. The van der Waals surface area contributed by atoms with Gasteiger partial charge in [-0.25, -0.2) is 0 Å². The Bertz CT molecular complexity index is 94.1. The zero-order valence-corrected chi connectivity index (χ0v) is 8.59. The predicted molar refractivity (Wildman–Crippen MR) is 52.3 cm³/mol. The summed E-state index contributed by atoms with van der Waals surface area (Å²) in [5.41, 5.74) is 5.36. The standard InChI is InChI=1S/C8H17Cl2N/c1-2-3-4-5-6-8(9,10)7-11/h2-7,11H2,1H3. The largest absolute Gasteiger partial charge is 0.328 e. The first-order valence-corrected chi connectivity index (χ1v) is 4.96. The van der Waals surface area contributed by atoms with Crippen LogP contribution < -0.4 is 5.73 Å². The number of nitrogens with two attached hydrogens (primary N) is 1. The molecule has 0 aromatic heterocycles. The van der Waals surface area contributed by atoms with Crippen LogP contribution in [0.4, 0.5) is 0 Å². The maximum Gasteiger partial charge on any atom is 0.130 e. The summed E-state index contributed by atoms with van der Waals surface area (Å²) in [7, 11) is 0. The van der Waals surface area contributed by atoms with Gasteiger partial charge < -0.3 is 5.73 Å². The third-order valence-corrected chi connectivity index (χ3v) is 2.38. The quantitative estimate of drug-likeness (QED) is 0.515. The topological polar surface area (TPSA) is 26.0 Å². The molecule has 0 aromatic carbocycles. The van der Waals surface area contributed by atoms with Crippen molar-refractivity contribution in [3.05, 3.63) is 0 Å². The van der Waals surface area contributed by atoms with Gasteiger partial charge in [0.1, 0.15) is 4.33 Å². The second-order valence-electron chi connectivity index (χ2n) is 2.87. The minimum atomic E-state index is -0.687. The highest BCUT2D eigenvalue weighted by Gasteiger charge is 2.20. The first-order chi connectivity index (χ1) is 5.12. The summed E-state index contributed by atoms with van der Waals surface area (Å²) in [6, 6.07) is 0. The summed E-state index contributed by atoms with van der Waals surface area (Å²) < 4.78 is -0.687. The van der Waals surface area contributed by atoms with Crippen molar-refractivity contribution in [2.75, 3.05) is 6.54 Å². The molecule has 0 aliphatic heterocycles. The Morgan fingerprint density at radius 3 is 2.27 bits per heavy atom. The molecule has 0 saturated heterocycles. The third-order valence-electron chi connectivity index (χ3n) is 1.69. The van der Waals surface area contributed by atoms with Gasteiger partial charge in [-0.15, -0.1) is 23.2 Å². The van der Waals surface area contributed by atoms with Crippen LogP contribution in [0.3, 0.4) is 0 Å². The lowest BCUT2D eigenvalue weighted by atomic mass is 10.1. The van der Waals surface area contributed by atoms with E-state index in [0.717, 1.165) is 12.8 Å². The van der Waals surface area contributed by atoms with Gasteiger partial charge in [-0.2, -0.15) is 0 Å².